The summed E-state index contributed by atoms with van der Waals surface area (Å²) in [6.07, 6.45) is 0. The average molecular weight is 353 g/mol. The summed E-state index contributed by atoms with van der Waals surface area (Å²) in [5.74, 6) is 0. The normalized spacial score (nSPS) is 12.2. The van der Waals surface area contributed by atoms with Crippen molar-refractivity contribution in [2.45, 2.75) is 0 Å². The van der Waals surface area contributed by atoms with Gasteiger partial charge in [0.05, 0.1) is 5.52 Å². The second-order valence-corrected chi connectivity index (χ2v) is 7.59. The molecule has 3 nitrogen and oxygen atoms in total. The van der Waals surface area contributed by atoms with E-state index in [0.29, 0.717) is 15.5 Å². The summed E-state index contributed by atoms with van der Waals surface area (Å²) in [6, 6.07) is 19.4. The first kappa shape index (κ1) is 14.0. The SMILES string of the molecule is O=c1c2ccccc2c2[nH]c(=O)c3sc4ccccc4c4ccc1c2c34. The number of H-pyrrole nitrogens is 1. The van der Waals surface area contributed by atoms with Crippen molar-refractivity contribution in [1.29, 1.82) is 0 Å². The summed E-state index contributed by atoms with van der Waals surface area (Å²) in [6.45, 7) is 0. The molecule has 0 unspecified atom stereocenters. The smallest absolute Gasteiger partial charge is 0.266 e. The van der Waals surface area contributed by atoms with Gasteiger partial charge in [-0.25, -0.2) is 0 Å². The molecule has 26 heavy (non-hydrogen) atoms. The molecule has 0 spiro atoms. The summed E-state index contributed by atoms with van der Waals surface area (Å²) in [5, 5.41) is 6.00. The molecule has 0 saturated heterocycles. The van der Waals surface area contributed by atoms with Gasteiger partial charge in [-0.15, -0.1) is 11.3 Å². The Bertz CT molecular complexity index is 1620. The lowest BCUT2D eigenvalue weighted by atomic mass is 9.95. The molecule has 0 bridgehead atoms. The number of benzene rings is 4. The van der Waals surface area contributed by atoms with E-state index in [9.17, 15) is 9.59 Å². The topological polar surface area (TPSA) is 49.9 Å². The van der Waals surface area contributed by atoms with Crippen molar-refractivity contribution in [2.24, 2.45) is 0 Å². The maximum Gasteiger partial charge on any atom is 0.266 e. The Morgan fingerprint density at radius 3 is 2.19 bits per heavy atom. The van der Waals surface area contributed by atoms with E-state index in [4.69, 9.17) is 0 Å². The summed E-state index contributed by atoms with van der Waals surface area (Å²) in [4.78, 5) is 29.0. The van der Waals surface area contributed by atoms with Crippen molar-refractivity contribution in [1.82, 2.24) is 4.98 Å². The van der Waals surface area contributed by atoms with Gasteiger partial charge < -0.3 is 4.98 Å². The number of aromatic amines is 1. The first-order chi connectivity index (χ1) is 12.7. The Hall–Kier alpha value is -3.24. The molecule has 1 N–H and O–H groups in total. The van der Waals surface area contributed by atoms with E-state index in [1.54, 1.807) is 0 Å². The molecule has 0 saturated carbocycles. The maximum atomic E-state index is 13.1. The third-order valence-electron chi connectivity index (χ3n) is 5.20. The van der Waals surface area contributed by atoms with Gasteiger partial charge in [0.1, 0.15) is 4.70 Å². The van der Waals surface area contributed by atoms with Crippen molar-refractivity contribution in [3.8, 4) is 0 Å². The zero-order valence-electron chi connectivity index (χ0n) is 13.5. The third kappa shape index (κ3) is 1.57. The molecule has 0 aliphatic carbocycles. The maximum absolute atomic E-state index is 13.1. The summed E-state index contributed by atoms with van der Waals surface area (Å²) in [5.41, 5.74) is 0.664. The summed E-state index contributed by atoms with van der Waals surface area (Å²) < 4.78 is 1.74. The fourth-order valence-corrected chi connectivity index (χ4v) is 5.20. The molecular formula is C22H11NO2S. The van der Waals surface area contributed by atoms with Crippen LogP contribution in [0, 0.1) is 0 Å². The molecule has 0 aliphatic heterocycles. The number of rotatable bonds is 0. The first-order valence-corrected chi connectivity index (χ1v) is 9.20. The molecule has 122 valence electrons. The average Bonchev–Trinajstić information content (AvgIpc) is 2.69. The highest BCUT2D eigenvalue weighted by molar-refractivity contribution is 7.25. The molecule has 6 rings (SSSR count). The molecule has 0 atom stereocenters. The van der Waals surface area contributed by atoms with Crippen LogP contribution in [0.1, 0.15) is 0 Å². The lowest BCUT2D eigenvalue weighted by Gasteiger charge is -2.13. The second-order valence-electron chi connectivity index (χ2n) is 6.54. The minimum atomic E-state index is -0.102. The van der Waals surface area contributed by atoms with Crippen LogP contribution in [-0.2, 0) is 0 Å². The Morgan fingerprint density at radius 1 is 0.654 bits per heavy atom. The Labute approximate surface area is 150 Å². The highest BCUT2D eigenvalue weighted by atomic mass is 32.1. The van der Waals surface area contributed by atoms with Crippen LogP contribution in [0.25, 0.3) is 52.6 Å². The van der Waals surface area contributed by atoms with E-state index in [1.807, 2.05) is 54.6 Å². The standard InChI is InChI=1S/C22H11NO2S/c24-20-14-7-2-1-6-13(14)19-17-15(20)10-9-12-11-5-3-4-8-16(11)26-21(18(12)17)22(25)23-19/h1-10H,(H,23,25). The lowest BCUT2D eigenvalue weighted by molar-refractivity contribution is 1.37. The van der Waals surface area contributed by atoms with Crippen molar-refractivity contribution in [3.63, 3.8) is 0 Å². The van der Waals surface area contributed by atoms with Crippen LogP contribution in [0.2, 0.25) is 0 Å². The summed E-state index contributed by atoms with van der Waals surface area (Å²) >= 11 is 1.48. The largest absolute Gasteiger partial charge is 0.320 e. The van der Waals surface area contributed by atoms with Crippen LogP contribution in [0.3, 0.4) is 0 Å². The van der Waals surface area contributed by atoms with Crippen LogP contribution < -0.4 is 11.0 Å². The number of pyridine rings is 1. The van der Waals surface area contributed by atoms with Gasteiger partial charge in [-0.3, -0.25) is 9.59 Å². The van der Waals surface area contributed by atoms with Crippen LogP contribution in [-0.4, -0.2) is 4.98 Å². The van der Waals surface area contributed by atoms with Gasteiger partial charge in [0, 0.05) is 31.6 Å². The van der Waals surface area contributed by atoms with Gasteiger partial charge in [0.15, 0.2) is 5.43 Å². The van der Waals surface area contributed by atoms with E-state index in [-0.39, 0.29) is 11.0 Å². The number of aromatic nitrogens is 1. The van der Waals surface area contributed by atoms with Gasteiger partial charge in [0.2, 0.25) is 0 Å². The van der Waals surface area contributed by atoms with E-state index in [0.717, 1.165) is 37.1 Å². The quantitative estimate of drug-likeness (QED) is 0.309. The van der Waals surface area contributed by atoms with E-state index < -0.39 is 0 Å². The molecule has 2 heterocycles. The number of fused-ring (bicyclic) bond motifs is 4. The van der Waals surface area contributed by atoms with Crippen molar-refractivity contribution >= 4 is 64.0 Å². The molecule has 4 aromatic carbocycles. The monoisotopic (exact) mass is 353 g/mol. The van der Waals surface area contributed by atoms with E-state index in [1.165, 1.54) is 11.3 Å². The molecule has 0 fully saturated rings. The fraction of sp³-hybridized carbons (Fsp3) is 0. The van der Waals surface area contributed by atoms with E-state index >= 15 is 0 Å². The number of hydrogen-bond acceptors (Lipinski definition) is 3. The molecule has 0 aliphatic rings. The second kappa shape index (κ2) is 4.68. The van der Waals surface area contributed by atoms with Gasteiger partial charge >= 0.3 is 0 Å². The van der Waals surface area contributed by atoms with Gasteiger partial charge in [-0.1, -0.05) is 48.5 Å². The molecule has 2 aromatic heterocycles. The number of nitrogens with one attached hydrogen (secondary N) is 1. The van der Waals surface area contributed by atoms with Gasteiger partial charge in [-0.05, 0) is 22.9 Å². The van der Waals surface area contributed by atoms with Crippen LogP contribution >= 0.6 is 11.3 Å². The van der Waals surface area contributed by atoms with Crippen LogP contribution in [0.15, 0.2) is 70.3 Å². The molecule has 0 radical (unpaired) electrons. The zero-order chi connectivity index (χ0) is 17.4. The number of hydrogen-bond donors (Lipinski definition) is 1. The minimum absolute atomic E-state index is 0.0153. The molecular weight excluding hydrogens is 342 g/mol. The predicted molar refractivity (Wildman–Crippen MR) is 110 cm³/mol. The van der Waals surface area contributed by atoms with Gasteiger partial charge in [0.25, 0.3) is 5.56 Å². The molecule has 6 aromatic rings. The highest BCUT2D eigenvalue weighted by Crippen LogP contribution is 2.39. The summed E-state index contributed by atoms with van der Waals surface area (Å²) in [7, 11) is 0. The first-order valence-electron chi connectivity index (χ1n) is 8.38. The van der Waals surface area contributed by atoms with Crippen molar-refractivity contribution < 1.29 is 0 Å². The zero-order valence-corrected chi connectivity index (χ0v) is 14.3. The minimum Gasteiger partial charge on any atom is -0.320 e. The van der Waals surface area contributed by atoms with Gasteiger partial charge in [-0.2, -0.15) is 0 Å². The Morgan fingerprint density at radius 2 is 1.35 bits per heavy atom. The van der Waals surface area contributed by atoms with E-state index in [2.05, 4.69) is 11.1 Å². The predicted octanol–water partition coefficient (Wildman–Crippen LogP) is 5.00. The molecule has 4 heteroatoms. The lowest BCUT2D eigenvalue weighted by Crippen LogP contribution is -2.10. The third-order valence-corrected chi connectivity index (χ3v) is 6.37. The Balaban J connectivity index is 2.09. The highest BCUT2D eigenvalue weighted by Gasteiger charge is 2.18. The van der Waals surface area contributed by atoms with Crippen molar-refractivity contribution in [2.75, 3.05) is 0 Å². The van der Waals surface area contributed by atoms with Crippen molar-refractivity contribution in [3.05, 3.63) is 81.2 Å². The molecule has 0 amide bonds. The van der Waals surface area contributed by atoms with Crippen LogP contribution in [0.4, 0.5) is 0 Å². The van der Waals surface area contributed by atoms with Crippen LogP contribution in [0.5, 0.6) is 0 Å². The Kier molecular flexibility index (Phi) is 2.52. The fourth-order valence-electron chi connectivity index (χ4n) is 4.09.